The fourth-order valence-electron chi connectivity index (χ4n) is 5.25. The molecule has 0 heterocycles. The number of hydrogen-bond donors (Lipinski definition) is 5. The van der Waals surface area contributed by atoms with Crippen molar-refractivity contribution in [2.45, 2.75) is 38.8 Å². The summed E-state index contributed by atoms with van der Waals surface area (Å²) >= 11 is 11.3. The van der Waals surface area contributed by atoms with Gasteiger partial charge in [0.2, 0.25) is 11.8 Å². The Balaban J connectivity index is 0.00000529. The van der Waals surface area contributed by atoms with Crippen LogP contribution in [-0.2, 0) is 32.8 Å². The summed E-state index contributed by atoms with van der Waals surface area (Å²) in [5.74, 6) is -2.61. The third-order valence-electron chi connectivity index (χ3n) is 7.47. The summed E-state index contributed by atoms with van der Waals surface area (Å²) in [5.41, 5.74) is 8.81. The number of amides is 2. The van der Waals surface area contributed by atoms with Crippen LogP contribution in [0.25, 0.3) is 0 Å². The zero-order valence-electron chi connectivity index (χ0n) is 24.4. The number of fused-ring (bicyclic) bond motifs is 2. The van der Waals surface area contributed by atoms with Crippen LogP contribution < -0.4 is 21.7 Å². The van der Waals surface area contributed by atoms with Gasteiger partial charge in [0.1, 0.15) is 16.7 Å². The van der Waals surface area contributed by atoms with Gasteiger partial charge in [-0.2, -0.15) is 8.42 Å². The van der Waals surface area contributed by atoms with Gasteiger partial charge in [-0.1, -0.05) is 24.3 Å². The van der Waals surface area contributed by atoms with Gasteiger partial charge in [0.05, 0.1) is 22.5 Å². The first kappa shape index (κ1) is 35.5. The summed E-state index contributed by atoms with van der Waals surface area (Å²) in [7, 11) is -4.93. The van der Waals surface area contributed by atoms with Crippen LogP contribution in [0, 0.1) is 20.8 Å². The van der Waals surface area contributed by atoms with Crippen molar-refractivity contribution in [2.75, 3.05) is 22.8 Å². The summed E-state index contributed by atoms with van der Waals surface area (Å²) in [4.78, 5) is 50.6. The minimum absolute atomic E-state index is 0. The number of halogens is 2. The molecule has 3 aromatic rings. The Morgan fingerprint density at radius 3 is 1.73 bits per heavy atom. The number of hydrogen-bond acceptors (Lipinski definition) is 8. The SMILES string of the molecule is Cc1c(CNC(=O)CCl)c(C)c(Nc2cc(S(=O)(=O)O)c(N)c3c2C(=O)c2ccccc2C3=O)c(C)c1CNC(=O)CCl.[Na]. The maximum absolute atomic E-state index is 13.8. The van der Waals surface area contributed by atoms with Gasteiger partial charge in [0, 0.05) is 59.5 Å². The molecule has 0 saturated carbocycles. The number of nitrogen functional groups attached to an aromatic ring is 1. The Labute approximate surface area is 286 Å². The first-order valence-electron chi connectivity index (χ1n) is 12.9. The van der Waals surface area contributed by atoms with E-state index in [-0.39, 0.29) is 82.3 Å². The van der Waals surface area contributed by atoms with Crippen molar-refractivity contribution in [2.24, 2.45) is 0 Å². The molecule has 0 aromatic heterocycles. The smallest absolute Gasteiger partial charge is 0.296 e. The molecule has 15 heteroatoms. The average Bonchev–Trinajstić information content (AvgIpc) is 2.97. The van der Waals surface area contributed by atoms with Crippen molar-refractivity contribution in [1.82, 2.24) is 10.6 Å². The summed E-state index contributed by atoms with van der Waals surface area (Å²) < 4.78 is 34.7. The van der Waals surface area contributed by atoms with E-state index in [0.29, 0.717) is 27.9 Å². The number of rotatable bonds is 9. The summed E-state index contributed by atoms with van der Waals surface area (Å²) in [6.07, 6.45) is 0. The number of nitrogens with two attached hydrogens (primary N) is 1. The summed E-state index contributed by atoms with van der Waals surface area (Å²) in [5, 5.41) is 8.56. The molecule has 0 unspecified atom stereocenters. The number of carbonyl (C=O) groups is 4. The van der Waals surface area contributed by atoms with Crippen LogP contribution in [0.5, 0.6) is 0 Å². The fraction of sp³-hybridized carbons (Fsp3) is 0.241. The van der Waals surface area contributed by atoms with E-state index < -0.39 is 44.1 Å². The van der Waals surface area contributed by atoms with Crippen LogP contribution in [-0.4, -0.2) is 77.7 Å². The topological polar surface area (TPSA) is 185 Å². The predicted molar refractivity (Wildman–Crippen MR) is 169 cm³/mol. The first-order chi connectivity index (χ1) is 20.2. The van der Waals surface area contributed by atoms with E-state index in [0.717, 1.165) is 11.6 Å². The van der Waals surface area contributed by atoms with Gasteiger partial charge in [-0.05, 0) is 54.7 Å². The zero-order valence-corrected chi connectivity index (χ0v) is 28.7. The number of anilines is 3. The number of nitrogens with one attached hydrogen (secondary N) is 3. The van der Waals surface area contributed by atoms with Gasteiger partial charge < -0.3 is 21.7 Å². The third-order valence-corrected chi connectivity index (χ3v) is 8.84. The van der Waals surface area contributed by atoms with Crippen LogP contribution in [0.3, 0.4) is 0 Å². The molecule has 227 valence electrons. The van der Waals surface area contributed by atoms with Crippen molar-refractivity contribution in [3.8, 4) is 0 Å². The van der Waals surface area contributed by atoms with Crippen LogP contribution in [0.1, 0.15) is 59.7 Å². The second-order valence-electron chi connectivity index (χ2n) is 9.92. The Morgan fingerprint density at radius 1 is 0.841 bits per heavy atom. The van der Waals surface area contributed by atoms with Crippen molar-refractivity contribution in [3.63, 3.8) is 0 Å². The van der Waals surface area contributed by atoms with E-state index in [9.17, 15) is 32.1 Å². The molecular weight excluding hydrogens is 642 g/mol. The van der Waals surface area contributed by atoms with E-state index in [2.05, 4.69) is 16.0 Å². The van der Waals surface area contributed by atoms with E-state index in [1.165, 1.54) is 12.1 Å². The molecule has 0 atom stereocenters. The van der Waals surface area contributed by atoms with Gasteiger partial charge in [-0.3, -0.25) is 23.7 Å². The molecule has 1 radical (unpaired) electrons. The van der Waals surface area contributed by atoms with Crippen molar-refractivity contribution < 1.29 is 32.1 Å². The van der Waals surface area contributed by atoms with Crippen LogP contribution >= 0.6 is 23.2 Å². The molecule has 4 rings (SSSR count). The molecule has 0 saturated heterocycles. The fourth-order valence-corrected chi connectivity index (χ4v) is 6.09. The van der Waals surface area contributed by atoms with Crippen molar-refractivity contribution >= 4 is 103 Å². The van der Waals surface area contributed by atoms with E-state index >= 15 is 0 Å². The van der Waals surface area contributed by atoms with Gasteiger partial charge in [-0.25, -0.2) is 0 Å². The van der Waals surface area contributed by atoms with Crippen LogP contribution in [0.4, 0.5) is 17.1 Å². The largest absolute Gasteiger partial charge is 0.397 e. The monoisotopic (exact) mass is 669 g/mol. The molecule has 1 aliphatic rings. The minimum Gasteiger partial charge on any atom is -0.397 e. The third kappa shape index (κ3) is 6.66. The number of ketones is 2. The number of alkyl halides is 2. The van der Waals surface area contributed by atoms with Crippen molar-refractivity contribution in [3.05, 3.63) is 80.4 Å². The second kappa shape index (κ2) is 14.0. The Hall–Kier alpha value is -2.97. The predicted octanol–water partition coefficient (Wildman–Crippen LogP) is 3.29. The molecule has 0 bridgehead atoms. The van der Waals surface area contributed by atoms with E-state index in [4.69, 9.17) is 28.9 Å². The number of carbonyl (C=O) groups excluding carboxylic acids is 4. The van der Waals surface area contributed by atoms with Gasteiger partial charge >= 0.3 is 0 Å². The van der Waals surface area contributed by atoms with Crippen LogP contribution in [0.2, 0.25) is 0 Å². The summed E-state index contributed by atoms with van der Waals surface area (Å²) in [6.45, 7) is 5.45. The van der Waals surface area contributed by atoms with Crippen LogP contribution in [0.15, 0.2) is 35.2 Å². The van der Waals surface area contributed by atoms with Crippen molar-refractivity contribution in [1.29, 1.82) is 0 Å². The molecule has 1 aliphatic carbocycles. The second-order valence-corrected chi connectivity index (χ2v) is 11.8. The molecule has 0 fully saturated rings. The molecular formula is C29H28Cl2N4NaO7S. The van der Waals surface area contributed by atoms with Gasteiger partial charge in [0.25, 0.3) is 10.1 Å². The zero-order chi connectivity index (χ0) is 31.8. The Bertz CT molecular complexity index is 1780. The minimum atomic E-state index is -4.93. The molecule has 3 aromatic carbocycles. The number of benzene rings is 3. The quantitative estimate of drug-likeness (QED) is 0.0772. The molecule has 11 nitrogen and oxygen atoms in total. The standard InChI is InChI=1S/C29H28Cl2N4O7S.Na/c1-13-18(11-33-22(36)9-30)14(2)27(15(3)19(13)12-34-23(37)10-31)35-20-8-21(43(40,41)42)26(32)25-24(20)28(38)16-6-4-5-7-17(16)29(25)39;/h4-8,35H,9-12,32H2,1-3H3,(H,33,36)(H,34,37)(H,40,41,42);. The summed E-state index contributed by atoms with van der Waals surface area (Å²) in [6, 6.07) is 7.07. The maximum Gasteiger partial charge on any atom is 0.296 e. The molecule has 2 amide bonds. The van der Waals surface area contributed by atoms with E-state index in [1.54, 1.807) is 26.0 Å². The average molecular weight is 671 g/mol. The molecule has 6 N–H and O–H groups in total. The molecule has 44 heavy (non-hydrogen) atoms. The maximum atomic E-state index is 13.8. The van der Waals surface area contributed by atoms with Gasteiger partial charge in [-0.15, -0.1) is 23.2 Å². The molecule has 0 spiro atoms. The van der Waals surface area contributed by atoms with E-state index in [1.807, 2.05) is 6.92 Å². The first-order valence-corrected chi connectivity index (χ1v) is 15.4. The molecule has 0 aliphatic heterocycles. The van der Waals surface area contributed by atoms with Gasteiger partial charge in [0.15, 0.2) is 11.6 Å². The normalized spacial score (nSPS) is 12.1. The Morgan fingerprint density at radius 2 is 1.30 bits per heavy atom. The Kier molecular flexibility index (Phi) is 11.3.